The third-order valence-corrected chi connectivity index (χ3v) is 6.77. The van der Waals surface area contributed by atoms with E-state index in [0.717, 1.165) is 32.9 Å². The lowest BCUT2D eigenvalue weighted by atomic mass is 10.1. The first-order valence-corrected chi connectivity index (χ1v) is 11.6. The van der Waals surface area contributed by atoms with Gasteiger partial charge in [-0.2, -0.15) is 0 Å². The lowest BCUT2D eigenvalue weighted by molar-refractivity contribution is 0.617. The minimum absolute atomic E-state index is 0.322. The number of nitrogens with zero attached hydrogens (tertiary/aromatic N) is 3. The summed E-state index contributed by atoms with van der Waals surface area (Å²) in [6, 6.07) is 22.4. The van der Waals surface area contributed by atoms with E-state index in [-0.39, 0.29) is 5.82 Å². The minimum atomic E-state index is -0.322. The molecule has 5 aromatic rings. The Bertz CT molecular complexity index is 1380. The molecule has 2 heterocycles. The molecule has 0 amide bonds. The fraction of sp³-hybridized carbons (Fsp3) is 0.0400. The molecule has 0 bridgehead atoms. The second-order valence-electron chi connectivity index (χ2n) is 7.12. The zero-order valence-electron chi connectivity index (χ0n) is 16.7. The molecule has 0 fully saturated rings. The van der Waals surface area contributed by atoms with Gasteiger partial charge in [-0.15, -0.1) is 11.8 Å². The lowest BCUT2D eigenvalue weighted by Crippen LogP contribution is -1.95. The summed E-state index contributed by atoms with van der Waals surface area (Å²) >= 11 is 13.8. The number of hydrogen-bond acceptors (Lipinski definition) is 3. The number of rotatable bonds is 5. The molecule has 0 spiro atoms. The van der Waals surface area contributed by atoms with E-state index < -0.39 is 0 Å². The van der Waals surface area contributed by atoms with Gasteiger partial charge in [-0.1, -0.05) is 59.6 Å². The van der Waals surface area contributed by atoms with E-state index in [4.69, 9.17) is 23.2 Å². The number of fused-ring (bicyclic) bond motifs is 1. The maximum absolute atomic E-state index is 14.3. The van der Waals surface area contributed by atoms with Gasteiger partial charge in [0.1, 0.15) is 22.8 Å². The summed E-state index contributed by atoms with van der Waals surface area (Å²) < 4.78 is 16.3. The van der Waals surface area contributed by atoms with Gasteiger partial charge in [-0.3, -0.25) is 0 Å². The van der Waals surface area contributed by atoms with E-state index in [1.54, 1.807) is 12.1 Å². The van der Waals surface area contributed by atoms with Crippen molar-refractivity contribution in [2.24, 2.45) is 0 Å². The summed E-state index contributed by atoms with van der Waals surface area (Å²) in [5, 5.41) is 2.75. The summed E-state index contributed by atoms with van der Waals surface area (Å²) in [6.45, 7) is 0. The summed E-state index contributed by atoms with van der Waals surface area (Å²) in [4.78, 5) is 9.12. The quantitative estimate of drug-likeness (QED) is 0.190. The standard InChI is InChI=1S/C25H16Cl2FN3S/c26-17-9-11-18(12-10-17)31-13-19(16-5-2-1-3-6-16)23-24(31)29-15-30-25(23)32-14-20-21(27)7-4-8-22(20)28/h1-13,15H,14H2. The average molecular weight is 480 g/mol. The highest BCUT2D eigenvalue weighted by Crippen LogP contribution is 2.38. The molecule has 0 aliphatic heterocycles. The molecule has 0 saturated heterocycles. The van der Waals surface area contributed by atoms with Crippen molar-refractivity contribution in [3.63, 3.8) is 0 Å². The Balaban J connectivity index is 1.66. The molecule has 3 aromatic carbocycles. The Hall–Kier alpha value is -2.86. The van der Waals surface area contributed by atoms with Crippen LogP contribution in [0.5, 0.6) is 0 Å². The molecule has 0 aliphatic rings. The molecule has 0 N–H and O–H groups in total. The maximum atomic E-state index is 14.3. The zero-order valence-corrected chi connectivity index (χ0v) is 19.0. The van der Waals surface area contributed by atoms with Gasteiger partial charge in [0.15, 0.2) is 0 Å². The Labute approximate surface area is 198 Å². The fourth-order valence-corrected chi connectivity index (χ4v) is 5.07. The Morgan fingerprint density at radius 3 is 2.41 bits per heavy atom. The van der Waals surface area contributed by atoms with Crippen LogP contribution in [0.25, 0.3) is 27.8 Å². The van der Waals surface area contributed by atoms with Crippen LogP contribution in [0, 0.1) is 5.82 Å². The third-order valence-electron chi connectivity index (χ3n) is 5.15. The van der Waals surface area contributed by atoms with Crippen molar-refractivity contribution in [2.75, 3.05) is 0 Å². The molecular weight excluding hydrogens is 464 g/mol. The summed E-state index contributed by atoms with van der Waals surface area (Å²) in [5.41, 5.74) is 4.21. The fourth-order valence-electron chi connectivity index (χ4n) is 3.59. The van der Waals surface area contributed by atoms with Crippen LogP contribution in [0.15, 0.2) is 90.3 Å². The van der Waals surface area contributed by atoms with Crippen molar-refractivity contribution in [1.82, 2.24) is 14.5 Å². The average Bonchev–Trinajstić information content (AvgIpc) is 3.20. The number of aromatic nitrogens is 3. The highest BCUT2D eigenvalue weighted by molar-refractivity contribution is 7.98. The maximum Gasteiger partial charge on any atom is 0.149 e. The molecule has 7 heteroatoms. The van der Waals surface area contributed by atoms with Gasteiger partial charge >= 0.3 is 0 Å². The summed E-state index contributed by atoms with van der Waals surface area (Å²) in [5.74, 6) is 0.0372. The predicted molar refractivity (Wildman–Crippen MR) is 130 cm³/mol. The zero-order chi connectivity index (χ0) is 22.1. The largest absolute Gasteiger partial charge is 0.301 e. The van der Waals surface area contributed by atoms with Crippen LogP contribution in [0.4, 0.5) is 4.39 Å². The summed E-state index contributed by atoms with van der Waals surface area (Å²) in [6.07, 6.45) is 3.59. The van der Waals surface area contributed by atoms with Crippen molar-refractivity contribution in [3.8, 4) is 16.8 Å². The summed E-state index contributed by atoms with van der Waals surface area (Å²) in [7, 11) is 0. The van der Waals surface area contributed by atoms with Gasteiger partial charge in [-0.05, 0) is 42.0 Å². The molecule has 0 unspecified atom stereocenters. The molecule has 158 valence electrons. The van der Waals surface area contributed by atoms with Gasteiger partial charge in [0.05, 0.1) is 5.39 Å². The van der Waals surface area contributed by atoms with Crippen LogP contribution >= 0.6 is 35.0 Å². The first-order valence-electron chi connectivity index (χ1n) is 9.85. The second-order valence-corrected chi connectivity index (χ2v) is 8.93. The molecule has 0 saturated carbocycles. The van der Waals surface area contributed by atoms with Crippen LogP contribution < -0.4 is 0 Å². The monoisotopic (exact) mass is 479 g/mol. The molecule has 2 aromatic heterocycles. The van der Waals surface area contributed by atoms with E-state index in [9.17, 15) is 4.39 Å². The molecule has 32 heavy (non-hydrogen) atoms. The van der Waals surface area contributed by atoms with Gasteiger partial charge in [0, 0.05) is 38.8 Å². The molecular formula is C25H16Cl2FN3S. The smallest absolute Gasteiger partial charge is 0.149 e. The molecule has 0 radical (unpaired) electrons. The van der Waals surface area contributed by atoms with Crippen molar-refractivity contribution in [2.45, 2.75) is 10.8 Å². The van der Waals surface area contributed by atoms with Crippen molar-refractivity contribution in [1.29, 1.82) is 0 Å². The third kappa shape index (κ3) is 3.99. The predicted octanol–water partition coefficient (Wildman–Crippen LogP) is 7.83. The highest BCUT2D eigenvalue weighted by Gasteiger charge is 2.18. The molecule has 3 nitrogen and oxygen atoms in total. The number of benzene rings is 3. The lowest BCUT2D eigenvalue weighted by Gasteiger charge is -2.08. The van der Waals surface area contributed by atoms with E-state index >= 15 is 0 Å². The number of hydrogen-bond donors (Lipinski definition) is 0. The number of halogens is 3. The van der Waals surface area contributed by atoms with E-state index in [1.165, 1.54) is 24.2 Å². The van der Waals surface area contributed by atoms with Crippen molar-refractivity contribution < 1.29 is 4.39 Å². The highest BCUT2D eigenvalue weighted by atomic mass is 35.5. The molecule has 0 atom stereocenters. The Kier molecular flexibility index (Phi) is 5.87. The van der Waals surface area contributed by atoms with E-state index in [2.05, 4.69) is 28.3 Å². The first-order chi connectivity index (χ1) is 15.6. The number of thioether (sulfide) groups is 1. The molecule has 5 rings (SSSR count). The van der Waals surface area contributed by atoms with E-state index in [1.807, 2.05) is 47.0 Å². The van der Waals surface area contributed by atoms with Crippen LogP contribution in [0.1, 0.15) is 5.56 Å². The first kappa shape index (κ1) is 21.0. The second kappa shape index (κ2) is 8.94. The van der Waals surface area contributed by atoms with Gasteiger partial charge in [0.25, 0.3) is 0 Å². The Morgan fingerprint density at radius 1 is 0.875 bits per heavy atom. The van der Waals surface area contributed by atoms with Crippen LogP contribution in [0.2, 0.25) is 10.0 Å². The minimum Gasteiger partial charge on any atom is -0.301 e. The van der Waals surface area contributed by atoms with Crippen LogP contribution in [-0.4, -0.2) is 14.5 Å². The topological polar surface area (TPSA) is 30.7 Å². The Morgan fingerprint density at radius 2 is 1.66 bits per heavy atom. The van der Waals surface area contributed by atoms with E-state index in [0.29, 0.717) is 21.4 Å². The van der Waals surface area contributed by atoms with Crippen LogP contribution in [0.3, 0.4) is 0 Å². The van der Waals surface area contributed by atoms with Gasteiger partial charge in [0.2, 0.25) is 0 Å². The van der Waals surface area contributed by atoms with Crippen molar-refractivity contribution in [3.05, 3.63) is 107 Å². The van der Waals surface area contributed by atoms with Gasteiger partial charge < -0.3 is 4.57 Å². The normalized spacial score (nSPS) is 11.2. The molecule has 0 aliphatic carbocycles. The van der Waals surface area contributed by atoms with Crippen molar-refractivity contribution >= 4 is 46.0 Å². The SMILES string of the molecule is Fc1cccc(Cl)c1CSc1ncnc2c1c(-c1ccccc1)cn2-c1ccc(Cl)cc1. The van der Waals surface area contributed by atoms with Gasteiger partial charge in [-0.25, -0.2) is 14.4 Å². The van der Waals surface area contributed by atoms with Crippen LogP contribution in [-0.2, 0) is 5.75 Å².